The molecule has 1 saturated carbocycles. The average molecular weight is 431 g/mol. The molecule has 1 unspecified atom stereocenters. The Kier molecular flexibility index (Phi) is 5.49. The zero-order chi connectivity index (χ0) is 22.3. The monoisotopic (exact) mass is 430 g/mol. The Hall–Kier alpha value is -2.91. The van der Waals surface area contributed by atoms with Crippen molar-refractivity contribution in [3.63, 3.8) is 0 Å². The second-order valence-corrected chi connectivity index (χ2v) is 9.13. The van der Waals surface area contributed by atoms with Gasteiger partial charge >= 0.3 is 0 Å². The van der Waals surface area contributed by atoms with Crippen LogP contribution in [0.4, 0.5) is 0 Å². The lowest BCUT2D eigenvalue weighted by molar-refractivity contribution is -0.133. The van der Waals surface area contributed by atoms with E-state index in [-0.39, 0.29) is 47.8 Å². The highest BCUT2D eigenvalue weighted by atomic mass is 16.2. The summed E-state index contributed by atoms with van der Waals surface area (Å²) in [5, 5.41) is 7.46. The van der Waals surface area contributed by atoms with Gasteiger partial charge in [0.15, 0.2) is 5.69 Å². The minimum atomic E-state index is -1.08. The van der Waals surface area contributed by atoms with E-state index < -0.39 is 5.54 Å². The van der Waals surface area contributed by atoms with Crippen molar-refractivity contribution in [3.05, 3.63) is 17.5 Å². The van der Waals surface area contributed by atoms with Crippen molar-refractivity contribution in [2.75, 3.05) is 20.1 Å². The number of nitrogens with two attached hydrogens (primary N) is 1. The Morgan fingerprint density at radius 1 is 1.16 bits per heavy atom. The maximum atomic E-state index is 13.1. The lowest BCUT2D eigenvalue weighted by Gasteiger charge is -2.41. The summed E-state index contributed by atoms with van der Waals surface area (Å²) in [4.78, 5) is 53.4. The number of carbonyl (C=O) groups is 4. The summed E-state index contributed by atoms with van der Waals surface area (Å²) in [6.45, 7) is 2.75. The number of nitrogens with zero attached hydrogens (tertiary/aromatic N) is 4. The third-order valence-corrected chi connectivity index (χ3v) is 7.08. The quantitative estimate of drug-likeness (QED) is 0.701. The molecule has 10 heteroatoms. The number of hydrogen-bond acceptors (Lipinski definition) is 5. The molecule has 168 valence electrons. The first-order valence-electron chi connectivity index (χ1n) is 11.0. The average Bonchev–Trinajstić information content (AvgIpc) is 3.41. The molecule has 4 rings (SSSR count). The Labute approximate surface area is 181 Å². The smallest absolute Gasteiger partial charge is 0.274 e. The van der Waals surface area contributed by atoms with Crippen LogP contribution in [0, 0.1) is 5.92 Å². The Morgan fingerprint density at radius 3 is 2.42 bits per heavy atom. The topological polar surface area (TPSA) is 131 Å². The summed E-state index contributed by atoms with van der Waals surface area (Å²) in [7, 11) is 1.61. The molecule has 3 aliphatic rings. The molecule has 1 saturated heterocycles. The van der Waals surface area contributed by atoms with Gasteiger partial charge in [0.1, 0.15) is 11.2 Å². The Morgan fingerprint density at radius 2 is 1.81 bits per heavy atom. The van der Waals surface area contributed by atoms with E-state index in [2.05, 4.69) is 10.4 Å². The lowest BCUT2D eigenvalue weighted by Crippen LogP contribution is -2.63. The van der Waals surface area contributed by atoms with E-state index in [0.29, 0.717) is 31.6 Å². The number of primary amides is 1. The van der Waals surface area contributed by atoms with Gasteiger partial charge < -0.3 is 20.9 Å². The van der Waals surface area contributed by atoms with E-state index in [0.717, 1.165) is 25.7 Å². The van der Waals surface area contributed by atoms with Gasteiger partial charge in [0, 0.05) is 38.2 Å². The van der Waals surface area contributed by atoms with E-state index >= 15 is 0 Å². The van der Waals surface area contributed by atoms with Crippen molar-refractivity contribution in [2.45, 2.75) is 63.6 Å². The van der Waals surface area contributed by atoms with Crippen LogP contribution in [-0.2, 0) is 16.1 Å². The van der Waals surface area contributed by atoms with E-state index in [4.69, 9.17) is 5.73 Å². The van der Waals surface area contributed by atoms with Gasteiger partial charge in [0.2, 0.25) is 11.8 Å². The van der Waals surface area contributed by atoms with Crippen LogP contribution in [0.2, 0.25) is 0 Å². The first-order chi connectivity index (χ1) is 14.7. The van der Waals surface area contributed by atoms with Gasteiger partial charge in [-0.2, -0.15) is 5.10 Å². The molecule has 1 aromatic heterocycles. The molecular formula is C21H30N6O4. The van der Waals surface area contributed by atoms with Crippen LogP contribution in [0.25, 0.3) is 0 Å². The maximum absolute atomic E-state index is 13.1. The standard InChI is InChI=1S/C21H30N6O4/c1-21(20(31)23-14-5-3-4-6-14)12-27-16(19(30)25(21)2)11-15(24-27)18(29)26-9-7-13(8-10-26)17(22)28/h11,13-14H,3-10,12H2,1-2H3,(H2,22,28)(H,23,31). The van der Waals surface area contributed by atoms with Crippen molar-refractivity contribution < 1.29 is 19.2 Å². The first-order valence-corrected chi connectivity index (χ1v) is 11.0. The van der Waals surface area contributed by atoms with Crippen LogP contribution in [0.5, 0.6) is 0 Å². The molecule has 0 spiro atoms. The number of aromatic nitrogens is 2. The molecule has 2 fully saturated rings. The number of likely N-dealkylation sites (tertiary alicyclic amines) is 1. The van der Waals surface area contributed by atoms with Gasteiger partial charge in [-0.15, -0.1) is 0 Å². The summed E-state index contributed by atoms with van der Waals surface area (Å²) >= 11 is 0. The Balaban J connectivity index is 1.50. The summed E-state index contributed by atoms with van der Waals surface area (Å²) in [5.41, 5.74) is 4.75. The predicted molar refractivity (Wildman–Crippen MR) is 111 cm³/mol. The molecule has 4 amide bonds. The van der Waals surface area contributed by atoms with E-state index in [1.807, 2.05) is 0 Å². The van der Waals surface area contributed by atoms with Crippen molar-refractivity contribution >= 4 is 23.6 Å². The summed E-state index contributed by atoms with van der Waals surface area (Å²) in [6, 6.07) is 1.64. The fourth-order valence-corrected chi connectivity index (χ4v) is 4.77. The number of nitrogens with one attached hydrogen (secondary N) is 1. The molecular weight excluding hydrogens is 400 g/mol. The molecule has 3 N–H and O–H groups in total. The van der Waals surface area contributed by atoms with Crippen LogP contribution in [0.15, 0.2) is 6.07 Å². The third-order valence-electron chi connectivity index (χ3n) is 7.08. The van der Waals surface area contributed by atoms with Gasteiger partial charge in [-0.25, -0.2) is 0 Å². The van der Waals surface area contributed by atoms with E-state index in [1.165, 1.54) is 15.6 Å². The molecule has 0 aromatic carbocycles. The zero-order valence-corrected chi connectivity index (χ0v) is 18.1. The fourth-order valence-electron chi connectivity index (χ4n) is 4.77. The van der Waals surface area contributed by atoms with Gasteiger partial charge in [0.25, 0.3) is 11.8 Å². The number of carbonyl (C=O) groups excluding carboxylic acids is 4. The van der Waals surface area contributed by atoms with Crippen molar-refractivity contribution in [2.24, 2.45) is 11.7 Å². The number of piperidine rings is 1. The second-order valence-electron chi connectivity index (χ2n) is 9.13. The third kappa shape index (κ3) is 3.79. The number of rotatable bonds is 4. The van der Waals surface area contributed by atoms with Gasteiger partial charge in [-0.1, -0.05) is 12.8 Å². The highest BCUT2D eigenvalue weighted by Gasteiger charge is 2.47. The molecule has 31 heavy (non-hydrogen) atoms. The van der Waals surface area contributed by atoms with Gasteiger partial charge in [0.05, 0.1) is 6.54 Å². The first kappa shape index (κ1) is 21.3. The summed E-state index contributed by atoms with van der Waals surface area (Å²) < 4.78 is 1.47. The molecule has 1 aromatic rings. The van der Waals surface area contributed by atoms with Crippen molar-refractivity contribution in [3.8, 4) is 0 Å². The van der Waals surface area contributed by atoms with Crippen LogP contribution < -0.4 is 11.1 Å². The van der Waals surface area contributed by atoms with Gasteiger partial charge in [-0.3, -0.25) is 23.9 Å². The number of fused-ring (bicyclic) bond motifs is 1. The van der Waals surface area contributed by atoms with Crippen LogP contribution in [-0.4, -0.2) is 74.9 Å². The number of likely N-dealkylation sites (N-methyl/N-ethyl adjacent to an activating group) is 1. The van der Waals surface area contributed by atoms with Crippen molar-refractivity contribution in [1.82, 2.24) is 24.9 Å². The second kappa shape index (κ2) is 7.97. The fraction of sp³-hybridized carbons (Fsp3) is 0.667. The van der Waals surface area contributed by atoms with Crippen LogP contribution in [0.1, 0.15) is 66.4 Å². The molecule has 0 radical (unpaired) electrons. The largest absolute Gasteiger partial charge is 0.369 e. The SMILES string of the molecule is CN1C(=O)c2cc(C(=O)N3CCC(C(N)=O)CC3)nn2CC1(C)C(=O)NC1CCCC1. The minimum absolute atomic E-state index is 0.146. The molecule has 1 atom stereocenters. The normalized spacial score (nSPS) is 24.9. The van der Waals surface area contributed by atoms with Gasteiger partial charge in [-0.05, 0) is 32.6 Å². The maximum Gasteiger partial charge on any atom is 0.274 e. The molecule has 0 bridgehead atoms. The molecule has 10 nitrogen and oxygen atoms in total. The summed E-state index contributed by atoms with van der Waals surface area (Å²) in [6.07, 6.45) is 5.16. The van der Waals surface area contributed by atoms with Crippen LogP contribution in [0.3, 0.4) is 0 Å². The molecule has 2 aliphatic heterocycles. The van der Waals surface area contributed by atoms with E-state index in [9.17, 15) is 19.2 Å². The molecule has 1 aliphatic carbocycles. The van der Waals surface area contributed by atoms with Crippen LogP contribution >= 0.6 is 0 Å². The van der Waals surface area contributed by atoms with Crippen molar-refractivity contribution in [1.29, 1.82) is 0 Å². The zero-order valence-electron chi connectivity index (χ0n) is 18.1. The minimum Gasteiger partial charge on any atom is -0.369 e. The number of hydrogen-bond donors (Lipinski definition) is 2. The summed E-state index contributed by atoms with van der Waals surface area (Å²) in [5.74, 6) is -1.37. The highest BCUT2D eigenvalue weighted by Crippen LogP contribution is 2.28. The number of amides is 4. The Bertz CT molecular complexity index is 913. The predicted octanol–water partition coefficient (Wildman–Crippen LogP) is 0.124. The molecule has 3 heterocycles. The van der Waals surface area contributed by atoms with E-state index in [1.54, 1.807) is 18.9 Å². The highest BCUT2D eigenvalue weighted by molar-refractivity contribution is 6.01. The lowest BCUT2D eigenvalue weighted by atomic mass is 9.95.